The van der Waals surface area contributed by atoms with Gasteiger partial charge in [0.15, 0.2) is 11.4 Å². The van der Waals surface area contributed by atoms with Crippen LogP contribution < -0.4 is 5.56 Å². The first kappa shape index (κ1) is 19.1. The molecule has 0 unspecified atom stereocenters. The minimum absolute atomic E-state index is 0.234. The first-order chi connectivity index (χ1) is 16.2. The molecule has 0 aliphatic carbocycles. The lowest BCUT2D eigenvalue weighted by atomic mass is 10.0. The van der Waals surface area contributed by atoms with E-state index in [2.05, 4.69) is 9.97 Å². The summed E-state index contributed by atoms with van der Waals surface area (Å²) in [6.07, 6.45) is 1.78. The summed E-state index contributed by atoms with van der Waals surface area (Å²) < 4.78 is 5.91. The number of nitrogens with one attached hydrogen (secondary N) is 1. The summed E-state index contributed by atoms with van der Waals surface area (Å²) in [6.45, 7) is 1.88. The molecule has 6 heteroatoms. The molecule has 0 spiro atoms. The summed E-state index contributed by atoms with van der Waals surface area (Å²) in [5, 5.41) is 1.00. The molecule has 0 aliphatic heterocycles. The molecule has 4 heterocycles. The highest BCUT2D eigenvalue weighted by Gasteiger charge is 2.19. The van der Waals surface area contributed by atoms with E-state index in [1.165, 1.54) is 0 Å². The molecule has 0 fully saturated rings. The van der Waals surface area contributed by atoms with Crippen LogP contribution in [0.1, 0.15) is 5.76 Å². The molecule has 0 radical (unpaired) electrons. The van der Waals surface area contributed by atoms with Gasteiger partial charge in [0.1, 0.15) is 22.7 Å². The quantitative estimate of drug-likeness (QED) is 0.385. The van der Waals surface area contributed by atoms with Crippen molar-refractivity contribution in [2.75, 3.05) is 0 Å². The van der Waals surface area contributed by atoms with Crippen LogP contribution in [0, 0.1) is 6.92 Å². The zero-order valence-electron chi connectivity index (χ0n) is 17.7. The molecule has 6 rings (SSSR count). The van der Waals surface area contributed by atoms with Gasteiger partial charge in [0.2, 0.25) is 5.56 Å². The van der Waals surface area contributed by atoms with E-state index in [1.54, 1.807) is 12.3 Å². The number of hydrogen-bond donors (Lipinski definition) is 1. The van der Waals surface area contributed by atoms with Crippen LogP contribution in [0.2, 0.25) is 0 Å². The maximum atomic E-state index is 12.5. The Bertz CT molecular complexity index is 1700. The Hall–Kier alpha value is -4.58. The molecule has 0 amide bonds. The van der Waals surface area contributed by atoms with Gasteiger partial charge in [0.25, 0.3) is 0 Å². The van der Waals surface area contributed by atoms with Crippen LogP contribution >= 0.6 is 0 Å². The Morgan fingerprint density at radius 3 is 2.52 bits per heavy atom. The number of hydrogen-bond acceptors (Lipinski definition) is 5. The van der Waals surface area contributed by atoms with Crippen LogP contribution in [0.3, 0.4) is 0 Å². The third-order valence-corrected chi connectivity index (χ3v) is 5.60. The van der Waals surface area contributed by atoms with Gasteiger partial charge in [-0.25, -0.2) is 9.97 Å². The van der Waals surface area contributed by atoms with Gasteiger partial charge in [-0.2, -0.15) is 0 Å². The third-order valence-electron chi connectivity index (χ3n) is 5.60. The summed E-state index contributed by atoms with van der Waals surface area (Å²) in [4.78, 5) is 29.6. The zero-order valence-corrected chi connectivity index (χ0v) is 17.7. The smallest absolute Gasteiger partial charge is 0.250 e. The largest absolute Gasteiger partial charge is 0.460 e. The molecular formula is C27H18N4O2. The van der Waals surface area contributed by atoms with Crippen LogP contribution in [0.25, 0.3) is 55.9 Å². The minimum atomic E-state index is -0.234. The van der Waals surface area contributed by atoms with E-state index in [1.807, 2.05) is 79.7 Å². The topological polar surface area (TPSA) is 84.7 Å². The van der Waals surface area contributed by atoms with Crippen molar-refractivity contribution in [1.29, 1.82) is 0 Å². The van der Waals surface area contributed by atoms with Crippen LogP contribution in [0.15, 0.2) is 94.3 Å². The van der Waals surface area contributed by atoms with Crippen molar-refractivity contribution in [3.05, 3.63) is 101 Å². The van der Waals surface area contributed by atoms with Crippen molar-refractivity contribution < 1.29 is 4.42 Å². The first-order valence-electron chi connectivity index (χ1n) is 10.6. The molecule has 33 heavy (non-hydrogen) atoms. The molecule has 0 atom stereocenters. The van der Waals surface area contributed by atoms with Gasteiger partial charge in [-0.1, -0.05) is 42.5 Å². The number of fused-ring (bicyclic) bond motifs is 2. The second-order valence-electron chi connectivity index (χ2n) is 7.85. The predicted octanol–water partition coefficient (Wildman–Crippen LogP) is 5.77. The first-order valence-corrected chi connectivity index (χ1v) is 10.6. The zero-order chi connectivity index (χ0) is 22.4. The summed E-state index contributed by atoms with van der Waals surface area (Å²) in [6, 6.07) is 25.0. The summed E-state index contributed by atoms with van der Waals surface area (Å²) in [5.41, 5.74) is 5.46. The lowest BCUT2D eigenvalue weighted by molar-refractivity contribution is 0.546. The van der Waals surface area contributed by atoms with E-state index in [9.17, 15) is 4.79 Å². The highest BCUT2D eigenvalue weighted by molar-refractivity contribution is 5.94. The van der Waals surface area contributed by atoms with E-state index in [0.717, 1.165) is 33.4 Å². The number of pyridine rings is 2. The number of H-pyrrole nitrogens is 1. The Morgan fingerprint density at radius 1 is 0.818 bits per heavy atom. The molecule has 4 aromatic heterocycles. The molecule has 0 saturated carbocycles. The molecule has 0 saturated heterocycles. The molecular weight excluding hydrogens is 412 g/mol. The molecule has 6 nitrogen and oxygen atoms in total. The van der Waals surface area contributed by atoms with Gasteiger partial charge in [0.05, 0.1) is 5.52 Å². The standard InChI is InChI=1S/C27H18N4O2/c1-16-9-12-22(33-16)26-24(19-10-11-21-18(14-19)8-5-13-28-21)30-25-20(17-6-3-2-4-7-17)15-23(32)29-27(25)31-26/h2-15H,1H3,(H,29,31,32). The third kappa shape index (κ3) is 3.38. The van der Waals surface area contributed by atoms with Gasteiger partial charge in [0, 0.05) is 28.8 Å². The van der Waals surface area contributed by atoms with Gasteiger partial charge in [-0.05, 0) is 42.8 Å². The van der Waals surface area contributed by atoms with E-state index < -0.39 is 0 Å². The second kappa shape index (κ2) is 7.53. The Labute approximate surface area is 188 Å². The average molecular weight is 430 g/mol. The van der Waals surface area contributed by atoms with Crippen molar-refractivity contribution in [1.82, 2.24) is 19.9 Å². The SMILES string of the molecule is Cc1ccc(-c2nc3[nH]c(=O)cc(-c4ccccc4)c3nc2-c2ccc3ncccc3c2)o1. The summed E-state index contributed by atoms with van der Waals surface area (Å²) >= 11 is 0. The molecule has 0 aliphatic rings. The summed E-state index contributed by atoms with van der Waals surface area (Å²) in [5.74, 6) is 1.36. The molecule has 0 bridgehead atoms. The van der Waals surface area contributed by atoms with Gasteiger partial charge in [-0.3, -0.25) is 9.78 Å². The van der Waals surface area contributed by atoms with Crippen molar-refractivity contribution in [2.45, 2.75) is 6.92 Å². The van der Waals surface area contributed by atoms with Gasteiger partial charge >= 0.3 is 0 Å². The number of aryl methyl sites for hydroxylation is 1. The lowest BCUT2D eigenvalue weighted by Crippen LogP contribution is -2.08. The molecule has 6 aromatic rings. The predicted molar refractivity (Wildman–Crippen MR) is 129 cm³/mol. The lowest BCUT2D eigenvalue weighted by Gasteiger charge is -2.12. The van der Waals surface area contributed by atoms with Crippen LogP contribution in [0.4, 0.5) is 0 Å². The van der Waals surface area contributed by atoms with E-state index >= 15 is 0 Å². The number of furan rings is 1. The fourth-order valence-electron chi connectivity index (χ4n) is 4.06. The Balaban J connectivity index is 1.69. The molecule has 2 aromatic carbocycles. The van der Waals surface area contributed by atoms with Crippen LogP contribution in [0.5, 0.6) is 0 Å². The fourth-order valence-corrected chi connectivity index (χ4v) is 4.06. The highest BCUT2D eigenvalue weighted by Crippen LogP contribution is 2.34. The van der Waals surface area contributed by atoms with Crippen LogP contribution in [-0.4, -0.2) is 19.9 Å². The second-order valence-corrected chi connectivity index (χ2v) is 7.85. The number of aromatic nitrogens is 4. The maximum Gasteiger partial charge on any atom is 0.250 e. The van der Waals surface area contributed by atoms with Crippen molar-refractivity contribution in [2.24, 2.45) is 0 Å². The number of benzene rings is 2. The number of rotatable bonds is 3. The molecule has 1 N–H and O–H groups in total. The maximum absolute atomic E-state index is 12.5. The van der Waals surface area contributed by atoms with Crippen molar-refractivity contribution >= 4 is 22.1 Å². The van der Waals surface area contributed by atoms with Crippen LogP contribution in [-0.2, 0) is 0 Å². The van der Waals surface area contributed by atoms with Crippen molar-refractivity contribution in [3.8, 4) is 33.8 Å². The van der Waals surface area contributed by atoms with E-state index in [4.69, 9.17) is 14.4 Å². The minimum Gasteiger partial charge on any atom is -0.460 e. The normalized spacial score (nSPS) is 11.3. The highest BCUT2D eigenvalue weighted by atomic mass is 16.3. The average Bonchev–Trinajstić information content (AvgIpc) is 3.29. The number of nitrogens with zero attached hydrogens (tertiary/aromatic N) is 3. The molecule has 158 valence electrons. The monoisotopic (exact) mass is 430 g/mol. The Kier molecular flexibility index (Phi) is 4.36. The fraction of sp³-hybridized carbons (Fsp3) is 0.0370. The number of aromatic amines is 1. The van der Waals surface area contributed by atoms with Gasteiger partial charge < -0.3 is 9.40 Å². The summed E-state index contributed by atoms with van der Waals surface area (Å²) in [7, 11) is 0. The van der Waals surface area contributed by atoms with E-state index in [0.29, 0.717) is 28.3 Å². The van der Waals surface area contributed by atoms with Gasteiger partial charge in [-0.15, -0.1) is 0 Å². The Morgan fingerprint density at radius 2 is 1.70 bits per heavy atom. The van der Waals surface area contributed by atoms with E-state index in [-0.39, 0.29) is 5.56 Å². The van der Waals surface area contributed by atoms with Crippen molar-refractivity contribution in [3.63, 3.8) is 0 Å².